The molecule has 0 N–H and O–H groups in total. The first-order chi connectivity index (χ1) is 12.0. The van der Waals surface area contributed by atoms with E-state index >= 15 is 0 Å². The highest BCUT2D eigenvalue weighted by atomic mass is 35.5. The van der Waals surface area contributed by atoms with Crippen LogP contribution in [0.5, 0.6) is 0 Å². The van der Waals surface area contributed by atoms with E-state index in [4.69, 9.17) is 16.3 Å². The Morgan fingerprint density at radius 2 is 1.88 bits per heavy atom. The zero-order chi connectivity index (χ0) is 17.6. The molecule has 0 saturated carbocycles. The number of ether oxygens (including phenoxy) is 1. The van der Waals surface area contributed by atoms with Gasteiger partial charge in [0.1, 0.15) is 12.4 Å². The summed E-state index contributed by atoms with van der Waals surface area (Å²) in [4.78, 5) is 26.6. The van der Waals surface area contributed by atoms with Crippen LogP contribution in [0, 0.1) is 5.82 Å². The number of benzene rings is 2. The smallest absolute Gasteiger partial charge is 0.336 e. The quantitative estimate of drug-likeness (QED) is 0.768. The summed E-state index contributed by atoms with van der Waals surface area (Å²) < 4.78 is 18.8. The summed E-state index contributed by atoms with van der Waals surface area (Å²) >= 11 is 5.91. The third kappa shape index (κ3) is 2.70. The topological polar surface area (TPSA) is 46.6 Å². The average Bonchev–Trinajstić information content (AvgIpc) is 2.97. The zero-order valence-corrected chi connectivity index (χ0v) is 13.8. The summed E-state index contributed by atoms with van der Waals surface area (Å²) in [6.07, 6.45) is 0.0695. The number of carbonyl (C=O) groups excluding carboxylic acids is 2. The van der Waals surface area contributed by atoms with Gasteiger partial charge in [-0.3, -0.25) is 9.69 Å². The summed E-state index contributed by atoms with van der Waals surface area (Å²) in [6, 6.07) is 12.8. The Kier molecular flexibility index (Phi) is 3.81. The van der Waals surface area contributed by atoms with Gasteiger partial charge < -0.3 is 4.74 Å². The van der Waals surface area contributed by atoms with Crippen LogP contribution in [-0.4, -0.2) is 18.5 Å². The molecule has 0 bridgehead atoms. The van der Waals surface area contributed by atoms with Crippen LogP contribution >= 0.6 is 11.6 Å². The van der Waals surface area contributed by atoms with Crippen LogP contribution in [0.2, 0.25) is 5.02 Å². The maximum atomic E-state index is 13.6. The number of nitrogens with zero attached hydrogens (tertiary/aromatic N) is 1. The molecule has 0 aliphatic carbocycles. The number of cyclic esters (lactones) is 1. The molecule has 2 aliphatic heterocycles. The van der Waals surface area contributed by atoms with Crippen molar-refractivity contribution in [2.45, 2.75) is 12.3 Å². The second-order valence-electron chi connectivity index (χ2n) is 5.95. The largest absolute Gasteiger partial charge is 0.456 e. The number of anilines is 1. The summed E-state index contributed by atoms with van der Waals surface area (Å²) in [5.74, 6) is -1.54. The molecule has 2 aliphatic rings. The van der Waals surface area contributed by atoms with E-state index in [1.165, 1.54) is 17.0 Å². The minimum absolute atomic E-state index is 0.0222. The lowest BCUT2D eigenvalue weighted by atomic mass is 9.84. The highest BCUT2D eigenvalue weighted by molar-refractivity contribution is 6.30. The standard InChI is InChI=1S/C19H13ClFNO3/c20-12-4-6-14(7-5-12)22-16-10-25-19(24)18(16)15(9-17(22)23)11-2-1-3-13(21)8-11/h1-8,15H,9-10H2. The highest BCUT2D eigenvalue weighted by Gasteiger charge is 2.42. The molecule has 126 valence electrons. The Bertz CT molecular complexity index is 907. The first-order valence-electron chi connectivity index (χ1n) is 7.79. The van der Waals surface area contributed by atoms with Gasteiger partial charge in [0.2, 0.25) is 5.91 Å². The van der Waals surface area contributed by atoms with E-state index < -0.39 is 17.7 Å². The Balaban J connectivity index is 1.83. The van der Waals surface area contributed by atoms with Gasteiger partial charge >= 0.3 is 5.97 Å². The second-order valence-corrected chi connectivity index (χ2v) is 6.39. The van der Waals surface area contributed by atoms with E-state index in [2.05, 4.69) is 0 Å². The fourth-order valence-corrected chi connectivity index (χ4v) is 3.48. The summed E-state index contributed by atoms with van der Waals surface area (Å²) in [5.41, 5.74) is 2.14. The van der Waals surface area contributed by atoms with Crippen molar-refractivity contribution in [3.05, 3.63) is 76.2 Å². The van der Waals surface area contributed by atoms with Gasteiger partial charge in [0.15, 0.2) is 0 Å². The number of esters is 1. The van der Waals surface area contributed by atoms with Crippen LogP contribution in [0.15, 0.2) is 59.8 Å². The minimum Gasteiger partial charge on any atom is -0.456 e. The fourth-order valence-electron chi connectivity index (χ4n) is 3.35. The number of hydrogen-bond acceptors (Lipinski definition) is 3. The average molecular weight is 358 g/mol. The third-order valence-electron chi connectivity index (χ3n) is 4.45. The number of amides is 1. The molecule has 4 rings (SSSR count). The van der Waals surface area contributed by atoms with Crippen LogP contribution in [0.25, 0.3) is 0 Å². The van der Waals surface area contributed by atoms with Gasteiger partial charge in [0.25, 0.3) is 0 Å². The van der Waals surface area contributed by atoms with Crippen molar-refractivity contribution < 1.29 is 18.7 Å². The Labute approximate surface area is 148 Å². The molecule has 2 aromatic carbocycles. The van der Waals surface area contributed by atoms with Gasteiger partial charge in [0.05, 0.1) is 11.3 Å². The molecular formula is C19H13ClFNO3. The molecule has 1 atom stereocenters. The molecule has 1 unspecified atom stereocenters. The summed E-state index contributed by atoms with van der Waals surface area (Å²) in [6.45, 7) is 0.0222. The molecule has 25 heavy (non-hydrogen) atoms. The van der Waals surface area contributed by atoms with Crippen molar-refractivity contribution in [2.24, 2.45) is 0 Å². The lowest BCUT2D eigenvalue weighted by Gasteiger charge is -2.31. The monoisotopic (exact) mass is 357 g/mol. The SMILES string of the molecule is O=C1OCC2=C1C(c1cccc(F)c1)CC(=O)N2c1ccc(Cl)cc1. The van der Waals surface area contributed by atoms with Gasteiger partial charge in [-0.25, -0.2) is 9.18 Å². The van der Waals surface area contributed by atoms with Crippen molar-refractivity contribution in [1.29, 1.82) is 0 Å². The molecule has 6 heteroatoms. The van der Waals surface area contributed by atoms with E-state index in [1.54, 1.807) is 36.4 Å². The number of hydrogen-bond donors (Lipinski definition) is 0. The van der Waals surface area contributed by atoms with Crippen LogP contribution in [0.3, 0.4) is 0 Å². The highest BCUT2D eigenvalue weighted by Crippen LogP contribution is 2.42. The lowest BCUT2D eigenvalue weighted by Crippen LogP contribution is -2.37. The van der Waals surface area contributed by atoms with Gasteiger partial charge in [-0.1, -0.05) is 23.7 Å². The van der Waals surface area contributed by atoms with E-state index in [0.717, 1.165) is 0 Å². The maximum absolute atomic E-state index is 13.6. The van der Waals surface area contributed by atoms with Crippen LogP contribution in [0.1, 0.15) is 17.9 Å². The Morgan fingerprint density at radius 1 is 1.12 bits per heavy atom. The van der Waals surface area contributed by atoms with Crippen molar-refractivity contribution in [3.63, 3.8) is 0 Å². The van der Waals surface area contributed by atoms with Crippen molar-refractivity contribution in [2.75, 3.05) is 11.5 Å². The van der Waals surface area contributed by atoms with Gasteiger partial charge in [-0.15, -0.1) is 0 Å². The van der Waals surface area contributed by atoms with Crippen LogP contribution in [-0.2, 0) is 14.3 Å². The van der Waals surface area contributed by atoms with Gasteiger partial charge in [-0.05, 0) is 42.0 Å². The molecule has 2 aromatic rings. The van der Waals surface area contributed by atoms with Crippen LogP contribution < -0.4 is 4.90 Å². The first kappa shape index (κ1) is 15.8. The van der Waals surface area contributed by atoms with Crippen molar-refractivity contribution >= 4 is 29.2 Å². The van der Waals surface area contributed by atoms with Crippen molar-refractivity contribution in [3.8, 4) is 0 Å². The van der Waals surface area contributed by atoms with Crippen molar-refractivity contribution in [1.82, 2.24) is 0 Å². The van der Waals surface area contributed by atoms with E-state index in [0.29, 0.717) is 27.5 Å². The molecule has 0 fully saturated rings. The zero-order valence-electron chi connectivity index (χ0n) is 13.0. The fraction of sp³-hybridized carbons (Fsp3) is 0.158. The second kappa shape index (κ2) is 6.01. The van der Waals surface area contributed by atoms with E-state index in [-0.39, 0.29) is 18.9 Å². The predicted octanol–water partition coefficient (Wildman–Crippen LogP) is 3.81. The normalized spacial score (nSPS) is 19.9. The molecule has 4 nitrogen and oxygen atoms in total. The maximum Gasteiger partial charge on any atom is 0.336 e. The summed E-state index contributed by atoms with van der Waals surface area (Å²) in [7, 11) is 0. The lowest BCUT2D eigenvalue weighted by molar-refractivity contribution is -0.136. The number of halogens is 2. The molecule has 0 radical (unpaired) electrons. The van der Waals surface area contributed by atoms with Gasteiger partial charge in [-0.2, -0.15) is 0 Å². The predicted molar refractivity (Wildman–Crippen MR) is 90.7 cm³/mol. The molecule has 0 spiro atoms. The molecule has 0 saturated heterocycles. The molecule has 2 heterocycles. The third-order valence-corrected chi connectivity index (χ3v) is 4.71. The molecular weight excluding hydrogens is 345 g/mol. The Morgan fingerprint density at radius 3 is 2.60 bits per heavy atom. The van der Waals surface area contributed by atoms with E-state index in [9.17, 15) is 14.0 Å². The van der Waals surface area contributed by atoms with Gasteiger partial charge in [0, 0.05) is 23.0 Å². The molecule has 0 aromatic heterocycles. The van der Waals surface area contributed by atoms with E-state index in [1.807, 2.05) is 0 Å². The summed E-state index contributed by atoms with van der Waals surface area (Å²) in [5, 5.41) is 0.554. The molecule has 1 amide bonds. The number of rotatable bonds is 2. The van der Waals surface area contributed by atoms with Crippen LogP contribution in [0.4, 0.5) is 10.1 Å². The first-order valence-corrected chi connectivity index (χ1v) is 8.16. The number of carbonyl (C=O) groups is 2. The minimum atomic E-state index is -0.503. The Hall–Kier alpha value is -2.66.